The Kier molecular flexibility index (Phi) is 6.69. The van der Waals surface area contributed by atoms with Crippen LogP contribution in [0.2, 0.25) is 0 Å². The fourth-order valence-electron chi connectivity index (χ4n) is 0. The molecular formula is CH4CuF3O3S. The van der Waals surface area contributed by atoms with Gasteiger partial charge in [0.25, 0.3) is 10.1 Å². The zero-order chi connectivity index (χ0) is 8.08. The van der Waals surface area contributed by atoms with Gasteiger partial charge in [-0.25, -0.2) is 0 Å². The van der Waals surface area contributed by atoms with E-state index < -0.39 is 25.4 Å². The van der Waals surface area contributed by atoms with Gasteiger partial charge in [0.05, 0.1) is 6.26 Å². The van der Waals surface area contributed by atoms with Crippen molar-refractivity contribution in [2.75, 3.05) is 6.26 Å². The van der Waals surface area contributed by atoms with Gasteiger partial charge >= 0.3 is 25.9 Å². The van der Waals surface area contributed by atoms with Gasteiger partial charge in [0, 0.05) is 0 Å². The van der Waals surface area contributed by atoms with Gasteiger partial charge in [-0.2, -0.15) is 8.42 Å². The zero-order valence-corrected chi connectivity index (χ0v) is 5.87. The Morgan fingerprint density at radius 2 is 1.33 bits per heavy atom. The average Bonchev–Trinajstić information content (AvgIpc) is 1.19. The van der Waals surface area contributed by atoms with Gasteiger partial charge in [0.2, 0.25) is 0 Å². The van der Waals surface area contributed by atoms with E-state index >= 15 is 0 Å². The molecule has 0 atom stereocenters. The summed E-state index contributed by atoms with van der Waals surface area (Å²) < 4.78 is 54.9. The molecule has 0 aromatic heterocycles. The van der Waals surface area contributed by atoms with E-state index in [2.05, 4.69) is 0 Å². The summed E-state index contributed by atoms with van der Waals surface area (Å²) in [5.41, 5.74) is 0. The van der Waals surface area contributed by atoms with E-state index in [4.69, 9.17) is 4.55 Å². The fraction of sp³-hybridized carbons (Fsp3) is 1.00. The van der Waals surface area contributed by atoms with Crippen LogP contribution in [0.25, 0.3) is 0 Å². The predicted octanol–water partition coefficient (Wildman–Crippen LogP) is 0.762. The molecule has 8 heteroatoms. The molecule has 64 valence electrons. The number of rotatable bonds is 0. The minimum absolute atomic E-state index is 0.715. The monoisotopic (exact) mass is 216 g/mol. The van der Waals surface area contributed by atoms with Crippen molar-refractivity contribution < 1.29 is 38.9 Å². The molecule has 0 amide bonds. The quantitative estimate of drug-likeness (QED) is 0.481. The van der Waals surface area contributed by atoms with Crippen molar-refractivity contribution in [1.29, 1.82) is 0 Å². The van der Waals surface area contributed by atoms with Crippen molar-refractivity contribution in [2.24, 2.45) is 0 Å². The Bertz CT molecular complexity index is 130. The molecule has 3 nitrogen and oxygen atoms in total. The first-order valence-corrected chi connectivity index (χ1v) is 4.18. The molecule has 0 aliphatic rings. The summed E-state index contributed by atoms with van der Waals surface area (Å²) in [6.07, 6.45) is 0.715. The molecule has 0 aliphatic heterocycles. The van der Waals surface area contributed by atoms with Crippen LogP contribution >= 0.6 is 0 Å². The molecule has 0 unspecified atom stereocenters. The van der Waals surface area contributed by atoms with Gasteiger partial charge in [-0.1, -0.05) is 0 Å². The molecule has 0 aliphatic carbocycles. The normalized spacial score (nSPS) is 11.4. The number of hydrogen-bond acceptors (Lipinski definition) is 2. The standard InChI is InChI=1S/CH4O3S.Cu.3FH/c1-5(2,3)4;;;;/h1H3,(H,2,3,4);;3*1H/q;+3;;;/p-3. The third kappa shape index (κ3) is 6600. The van der Waals surface area contributed by atoms with E-state index in [0.717, 1.165) is 0 Å². The first-order chi connectivity index (χ1) is 3.73. The Hall–Kier alpha value is 0.219. The molecule has 0 aromatic carbocycles. The molecular weight excluding hydrogens is 213 g/mol. The summed E-state index contributed by atoms with van der Waals surface area (Å²) in [5.74, 6) is 0. The molecule has 0 rings (SSSR count). The molecule has 0 bridgehead atoms. The fourth-order valence-corrected chi connectivity index (χ4v) is 0. The van der Waals surface area contributed by atoms with E-state index in [1.807, 2.05) is 0 Å². The maximum atomic E-state index is 9.69. The summed E-state index contributed by atoms with van der Waals surface area (Å²) in [5, 5.41) is 0. The second-order valence-corrected chi connectivity index (χ2v) is 2.73. The van der Waals surface area contributed by atoms with Crippen molar-refractivity contribution in [2.45, 2.75) is 0 Å². The van der Waals surface area contributed by atoms with Crippen LogP contribution in [-0.2, 0) is 25.4 Å². The van der Waals surface area contributed by atoms with Gasteiger partial charge in [0.1, 0.15) is 0 Å². The summed E-state index contributed by atoms with van der Waals surface area (Å²) in [7, 11) is -3.67. The molecule has 0 fully saturated rings. The molecule has 0 heterocycles. The zero-order valence-electron chi connectivity index (χ0n) is 4.11. The Morgan fingerprint density at radius 3 is 1.33 bits per heavy atom. The minimum atomic E-state index is -3.81. The van der Waals surface area contributed by atoms with Gasteiger partial charge < -0.3 is 0 Å². The molecule has 0 spiro atoms. The van der Waals surface area contributed by atoms with E-state index in [0.29, 0.717) is 6.26 Å². The molecule has 0 saturated carbocycles. The SMILES string of the molecule is CS(=O)(=O)O.[F][Cu]([F])[F]. The maximum absolute atomic E-state index is 9.69. The molecule has 0 radical (unpaired) electrons. The second-order valence-electron chi connectivity index (χ2n) is 0.862. The van der Waals surface area contributed by atoms with Gasteiger partial charge in [-0.15, -0.1) is 0 Å². The van der Waals surface area contributed by atoms with E-state index in [-0.39, 0.29) is 0 Å². The van der Waals surface area contributed by atoms with E-state index in [1.165, 1.54) is 0 Å². The molecule has 9 heavy (non-hydrogen) atoms. The first kappa shape index (κ1) is 12.0. The van der Waals surface area contributed by atoms with Crippen LogP contribution < -0.4 is 0 Å². The van der Waals surface area contributed by atoms with E-state index in [9.17, 15) is 19.1 Å². The molecule has 1 N–H and O–H groups in total. The summed E-state index contributed by atoms with van der Waals surface area (Å²) in [6, 6.07) is 0. The van der Waals surface area contributed by atoms with Crippen LogP contribution in [0, 0.1) is 0 Å². The second kappa shape index (κ2) is 5.04. The predicted molar refractivity (Wildman–Crippen MR) is 20.8 cm³/mol. The molecule has 0 aromatic rings. The van der Waals surface area contributed by atoms with Crippen LogP contribution in [0.1, 0.15) is 0 Å². The van der Waals surface area contributed by atoms with Crippen molar-refractivity contribution in [3.63, 3.8) is 0 Å². The van der Waals surface area contributed by atoms with Crippen LogP contribution in [0.15, 0.2) is 0 Å². The van der Waals surface area contributed by atoms with Gasteiger partial charge in [-0.05, 0) is 0 Å². The van der Waals surface area contributed by atoms with Crippen molar-refractivity contribution in [3.05, 3.63) is 0 Å². The van der Waals surface area contributed by atoms with Crippen molar-refractivity contribution in [1.82, 2.24) is 0 Å². The number of halogens is 3. The summed E-state index contributed by atoms with van der Waals surface area (Å²) in [4.78, 5) is 0. The topological polar surface area (TPSA) is 54.4 Å². The Labute approximate surface area is 55.9 Å². The number of hydrogen-bond donors (Lipinski definition) is 1. The van der Waals surface area contributed by atoms with Crippen LogP contribution in [0.4, 0.5) is 10.7 Å². The first-order valence-electron chi connectivity index (χ1n) is 1.27. The third-order valence-corrected chi connectivity index (χ3v) is 0. The Morgan fingerprint density at radius 1 is 1.33 bits per heavy atom. The van der Waals surface area contributed by atoms with Crippen LogP contribution in [0.5, 0.6) is 0 Å². The van der Waals surface area contributed by atoms with Gasteiger partial charge in [0.15, 0.2) is 0 Å². The van der Waals surface area contributed by atoms with Crippen molar-refractivity contribution in [3.8, 4) is 0 Å². The van der Waals surface area contributed by atoms with E-state index in [1.54, 1.807) is 0 Å². The third-order valence-electron chi connectivity index (χ3n) is 0. The van der Waals surface area contributed by atoms with Gasteiger partial charge in [-0.3, -0.25) is 4.55 Å². The summed E-state index contributed by atoms with van der Waals surface area (Å²) in [6.45, 7) is 0. The van der Waals surface area contributed by atoms with Crippen LogP contribution in [0.3, 0.4) is 0 Å². The summed E-state index contributed by atoms with van der Waals surface area (Å²) >= 11 is -3.81. The van der Waals surface area contributed by atoms with Crippen LogP contribution in [-0.4, -0.2) is 19.2 Å². The average molecular weight is 217 g/mol. The molecule has 0 saturated heterocycles. The van der Waals surface area contributed by atoms with Crippen molar-refractivity contribution >= 4 is 10.1 Å². The Balaban J connectivity index is 0.